The van der Waals surface area contributed by atoms with Crippen LogP contribution in [-0.4, -0.2) is 24.0 Å². The van der Waals surface area contributed by atoms with Gasteiger partial charge < -0.3 is 9.64 Å². The van der Waals surface area contributed by atoms with Crippen molar-refractivity contribution in [1.82, 2.24) is 4.90 Å². The Hall–Kier alpha value is -3.85. The standard InChI is InChI=1S/C31H29NO2/c1-34-30-18-10-17-28(24-13-6-3-7-14-24)29(30)21-31(33)32(22-23-11-4-2-5-12-23)27-19-25-15-8-9-16-26(25)20-27/h2-18,27H,19-22H2,1H3. The Bertz CT molecular complexity index is 1240. The van der Waals surface area contributed by atoms with Crippen molar-refractivity contribution >= 4 is 5.91 Å². The molecule has 1 amide bonds. The van der Waals surface area contributed by atoms with Gasteiger partial charge in [-0.15, -0.1) is 0 Å². The maximum absolute atomic E-state index is 14.0. The fourth-order valence-corrected chi connectivity index (χ4v) is 5.04. The molecule has 0 radical (unpaired) electrons. The van der Waals surface area contributed by atoms with E-state index >= 15 is 0 Å². The van der Waals surface area contributed by atoms with Crippen molar-refractivity contribution in [3.8, 4) is 16.9 Å². The highest BCUT2D eigenvalue weighted by Crippen LogP contribution is 2.33. The van der Waals surface area contributed by atoms with Gasteiger partial charge in [-0.3, -0.25) is 4.79 Å². The summed E-state index contributed by atoms with van der Waals surface area (Å²) in [6.07, 6.45) is 2.09. The van der Waals surface area contributed by atoms with Gasteiger partial charge in [0.05, 0.1) is 13.5 Å². The summed E-state index contributed by atoms with van der Waals surface area (Å²) in [4.78, 5) is 16.1. The highest BCUT2D eigenvalue weighted by Gasteiger charge is 2.30. The summed E-state index contributed by atoms with van der Waals surface area (Å²) < 4.78 is 5.71. The first kappa shape index (κ1) is 22.0. The molecule has 3 heteroatoms. The minimum atomic E-state index is 0.128. The van der Waals surface area contributed by atoms with Crippen molar-refractivity contribution in [2.24, 2.45) is 0 Å². The van der Waals surface area contributed by atoms with E-state index in [1.54, 1.807) is 7.11 Å². The van der Waals surface area contributed by atoms with E-state index in [0.717, 1.165) is 40.8 Å². The lowest BCUT2D eigenvalue weighted by Gasteiger charge is -2.30. The summed E-state index contributed by atoms with van der Waals surface area (Å²) in [5, 5.41) is 0. The molecular weight excluding hydrogens is 418 g/mol. The Morgan fingerprint density at radius 3 is 2.06 bits per heavy atom. The van der Waals surface area contributed by atoms with Gasteiger partial charge in [0.1, 0.15) is 5.75 Å². The molecule has 0 saturated carbocycles. The van der Waals surface area contributed by atoms with Crippen molar-refractivity contribution in [3.05, 3.63) is 125 Å². The largest absolute Gasteiger partial charge is 0.496 e. The molecular formula is C31H29NO2. The Morgan fingerprint density at radius 1 is 0.794 bits per heavy atom. The number of methoxy groups -OCH3 is 1. The highest BCUT2D eigenvalue weighted by atomic mass is 16.5. The van der Waals surface area contributed by atoms with Crippen molar-refractivity contribution < 1.29 is 9.53 Å². The fourth-order valence-electron chi connectivity index (χ4n) is 5.04. The van der Waals surface area contributed by atoms with Gasteiger partial charge in [-0.25, -0.2) is 0 Å². The highest BCUT2D eigenvalue weighted by molar-refractivity contribution is 5.84. The zero-order chi connectivity index (χ0) is 23.3. The van der Waals surface area contributed by atoms with Gasteiger partial charge in [0, 0.05) is 18.2 Å². The van der Waals surface area contributed by atoms with Gasteiger partial charge in [0.2, 0.25) is 5.91 Å². The number of hydrogen-bond acceptors (Lipinski definition) is 2. The van der Waals surface area contributed by atoms with E-state index in [0.29, 0.717) is 13.0 Å². The van der Waals surface area contributed by atoms with Crippen molar-refractivity contribution in [1.29, 1.82) is 0 Å². The van der Waals surface area contributed by atoms with E-state index in [1.807, 2.05) is 48.5 Å². The van der Waals surface area contributed by atoms with Crippen LogP contribution in [0.5, 0.6) is 5.75 Å². The predicted octanol–water partition coefficient (Wildman–Crippen LogP) is 6.10. The average Bonchev–Trinajstić information content (AvgIpc) is 3.32. The fraction of sp³-hybridized carbons (Fsp3) is 0.194. The van der Waals surface area contributed by atoms with Gasteiger partial charge in [0.15, 0.2) is 0 Å². The number of carbonyl (C=O) groups is 1. The monoisotopic (exact) mass is 447 g/mol. The van der Waals surface area contributed by atoms with Crippen LogP contribution in [-0.2, 0) is 30.6 Å². The second-order valence-electron chi connectivity index (χ2n) is 8.87. The van der Waals surface area contributed by atoms with Crippen LogP contribution in [0.2, 0.25) is 0 Å². The second-order valence-corrected chi connectivity index (χ2v) is 8.87. The average molecular weight is 448 g/mol. The Morgan fingerprint density at radius 2 is 1.41 bits per heavy atom. The number of carbonyl (C=O) groups excluding carboxylic acids is 1. The normalized spacial score (nSPS) is 12.9. The summed E-state index contributed by atoms with van der Waals surface area (Å²) in [7, 11) is 1.67. The Kier molecular flexibility index (Phi) is 6.44. The van der Waals surface area contributed by atoms with E-state index in [4.69, 9.17) is 4.74 Å². The lowest BCUT2D eigenvalue weighted by molar-refractivity contribution is -0.133. The van der Waals surface area contributed by atoms with Crippen LogP contribution >= 0.6 is 0 Å². The summed E-state index contributed by atoms with van der Waals surface area (Å²) >= 11 is 0. The van der Waals surface area contributed by atoms with E-state index in [2.05, 4.69) is 59.5 Å². The molecule has 4 aromatic rings. The van der Waals surface area contributed by atoms with Crippen LogP contribution in [0.4, 0.5) is 0 Å². The molecule has 4 aromatic carbocycles. The van der Waals surface area contributed by atoms with Crippen LogP contribution in [0.25, 0.3) is 11.1 Å². The van der Waals surface area contributed by atoms with Crippen LogP contribution in [0.15, 0.2) is 103 Å². The molecule has 0 saturated heterocycles. The minimum absolute atomic E-state index is 0.128. The van der Waals surface area contributed by atoms with Crippen molar-refractivity contribution in [3.63, 3.8) is 0 Å². The van der Waals surface area contributed by atoms with E-state index < -0.39 is 0 Å². The van der Waals surface area contributed by atoms with E-state index in [-0.39, 0.29) is 11.9 Å². The smallest absolute Gasteiger partial charge is 0.227 e. The number of rotatable bonds is 7. The number of amides is 1. The van der Waals surface area contributed by atoms with Gasteiger partial charge in [-0.05, 0) is 46.7 Å². The minimum Gasteiger partial charge on any atom is -0.496 e. The zero-order valence-corrected chi connectivity index (χ0v) is 19.5. The third-order valence-electron chi connectivity index (χ3n) is 6.75. The van der Waals surface area contributed by atoms with Crippen LogP contribution in [0.1, 0.15) is 22.3 Å². The maximum atomic E-state index is 14.0. The number of benzene rings is 4. The molecule has 0 spiro atoms. The molecule has 0 aliphatic heterocycles. The number of hydrogen-bond donors (Lipinski definition) is 0. The van der Waals surface area contributed by atoms with Crippen LogP contribution in [0, 0.1) is 0 Å². The van der Waals surface area contributed by atoms with Crippen LogP contribution < -0.4 is 4.74 Å². The molecule has 0 fully saturated rings. The van der Waals surface area contributed by atoms with Gasteiger partial charge >= 0.3 is 0 Å². The molecule has 0 atom stereocenters. The molecule has 5 rings (SSSR count). The molecule has 0 heterocycles. The van der Waals surface area contributed by atoms with Gasteiger partial charge in [0.25, 0.3) is 0 Å². The van der Waals surface area contributed by atoms with Crippen molar-refractivity contribution in [2.45, 2.75) is 31.8 Å². The molecule has 3 nitrogen and oxygen atoms in total. The van der Waals surface area contributed by atoms with E-state index in [1.165, 1.54) is 11.1 Å². The Labute approximate surface area is 201 Å². The number of fused-ring (bicyclic) bond motifs is 1. The van der Waals surface area contributed by atoms with E-state index in [9.17, 15) is 4.79 Å². The molecule has 0 aromatic heterocycles. The molecule has 1 aliphatic rings. The maximum Gasteiger partial charge on any atom is 0.227 e. The molecule has 0 N–H and O–H groups in total. The first-order valence-corrected chi connectivity index (χ1v) is 11.8. The topological polar surface area (TPSA) is 29.5 Å². The SMILES string of the molecule is COc1cccc(-c2ccccc2)c1CC(=O)N(Cc1ccccc1)C1Cc2ccccc2C1. The Balaban J connectivity index is 1.48. The molecule has 1 aliphatic carbocycles. The second kappa shape index (κ2) is 9.96. The van der Waals surface area contributed by atoms with Gasteiger partial charge in [-0.1, -0.05) is 97.1 Å². The number of ether oxygens (including phenoxy) is 1. The summed E-state index contributed by atoms with van der Waals surface area (Å²) in [6, 6.07) is 35.2. The predicted molar refractivity (Wildman–Crippen MR) is 137 cm³/mol. The van der Waals surface area contributed by atoms with Gasteiger partial charge in [-0.2, -0.15) is 0 Å². The molecule has 0 unspecified atom stereocenters. The lowest BCUT2D eigenvalue weighted by Crippen LogP contribution is -2.41. The lowest BCUT2D eigenvalue weighted by atomic mass is 9.96. The first-order valence-electron chi connectivity index (χ1n) is 11.8. The molecule has 170 valence electrons. The number of nitrogens with zero attached hydrogens (tertiary/aromatic N) is 1. The first-order chi connectivity index (χ1) is 16.7. The zero-order valence-electron chi connectivity index (χ0n) is 19.5. The van der Waals surface area contributed by atoms with Crippen molar-refractivity contribution in [2.75, 3.05) is 7.11 Å². The molecule has 0 bridgehead atoms. The summed E-state index contributed by atoms with van der Waals surface area (Å²) in [5.41, 5.74) is 6.92. The molecule has 34 heavy (non-hydrogen) atoms. The third-order valence-corrected chi connectivity index (χ3v) is 6.75. The third kappa shape index (κ3) is 4.60. The summed E-state index contributed by atoms with van der Waals surface area (Å²) in [5.74, 6) is 0.882. The van der Waals surface area contributed by atoms with Crippen LogP contribution in [0.3, 0.4) is 0 Å². The summed E-state index contributed by atoms with van der Waals surface area (Å²) in [6.45, 7) is 0.605. The quantitative estimate of drug-likeness (QED) is 0.343.